The molecule has 186 valence electrons. The van der Waals surface area contributed by atoms with Gasteiger partial charge in [-0.15, -0.1) is 13.2 Å². The van der Waals surface area contributed by atoms with Crippen LogP contribution < -0.4 is 15.8 Å². The standard InChI is InChI=1S/C24H22F4N2O5/c25-16-10-12(35-24(26,27)28)8-9-13(16)21(32)19(31)11-23(29,22(33)34)20-14-4-1-2-6-17(14)30-18-7-3-5-15(18)20/h1-2,4,6,8-10,15,18,20,30H,3,5,7,11,29H2,(H,33,34)/t15-,18+,20?,23?/m0/s1. The summed E-state index contributed by atoms with van der Waals surface area (Å²) in [6.07, 6.45) is -3.70. The van der Waals surface area contributed by atoms with Crippen LogP contribution in [0, 0.1) is 11.7 Å². The molecule has 2 aliphatic rings. The number of ether oxygens (including phenoxy) is 1. The van der Waals surface area contributed by atoms with Crippen molar-refractivity contribution in [2.75, 3.05) is 5.32 Å². The number of nitrogens with one attached hydrogen (secondary N) is 1. The molecule has 2 aromatic rings. The Balaban J connectivity index is 1.64. The van der Waals surface area contributed by atoms with Crippen LogP contribution in [0.25, 0.3) is 0 Å². The van der Waals surface area contributed by atoms with Gasteiger partial charge >= 0.3 is 12.3 Å². The predicted molar refractivity (Wildman–Crippen MR) is 116 cm³/mol. The lowest BCUT2D eigenvalue weighted by molar-refractivity contribution is -0.274. The minimum Gasteiger partial charge on any atom is -0.480 e. The van der Waals surface area contributed by atoms with Gasteiger partial charge in [-0.1, -0.05) is 24.6 Å². The molecule has 1 fully saturated rings. The number of anilines is 1. The lowest BCUT2D eigenvalue weighted by Crippen LogP contribution is -2.59. The quantitative estimate of drug-likeness (QED) is 0.302. The Hall–Kier alpha value is -3.47. The Labute approximate surface area is 197 Å². The predicted octanol–water partition coefficient (Wildman–Crippen LogP) is 4.03. The molecule has 1 saturated carbocycles. The normalized spacial score (nSPS) is 22.8. The van der Waals surface area contributed by atoms with Crippen LogP contribution in [0.1, 0.15) is 47.5 Å². The Morgan fingerprint density at radius 3 is 2.49 bits per heavy atom. The van der Waals surface area contributed by atoms with E-state index in [2.05, 4.69) is 10.1 Å². The minimum atomic E-state index is -5.07. The van der Waals surface area contributed by atoms with Gasteiger partial charge in [-0.3, -0.25) is 14.4 Å². The van der Waals surface area contributed by atoms with Gasteiger partial charge in [0.15, 0.2) is 0 Å². The van der Waals surface area contributed by atoms with E-state index in [1.54, 1.807) is 24.3 Å². The Morgan fingerprint density at radius 1 is 1.11 bits per heavy atom. The summed E-state index contributed by atoms with van der Waals surface area (Å²) in [6, 6.07) is 8.65. The van der Waals surface area contributed by atoms with Gasteiger partial charge in [-0.2, -0.15) is 0 Å². The van der Waals surface area contributed by atoms with E-state index >= 15 is 0 Å². The molecule has 0 aromatic heterocycles. The van der Waals surface area contributed by atoms with Crippen molar-refractivity contribution in [1.29, 1.82) is 0 Å². The van der Waals surface area contributed by atoms with Crippen LogP contribution in [-0.4, -0.2) is 40.6 Å². The molecule has 0 amide bonds. The van der Waals surface area contributed by atoms with Crippen LogP contribution in [0.15, 0.2) is 42.5 Å². The summed E-state index contributed by atoms with van der Waals surface area (Å²) in [4.78, 5) is 38.0. The van der Waals surface area contributed by atoms with Crippen LogP contribution in [-0.2, 0) is 9.59 Å². The second-order valence-electron chi connectivity index (χ2n) is 8.87. The van der Waals surface area contributed by atoms with E-state index in [9.17, 15) is 37.1 Å². The molecule has 35 heavy (non-hydrogen) atoms. The summed E-state index contributed by atoms with van der Waals surface area (Å²) in [5.41, 5.74) is 4.73. The first-order chi connectivity index (χ1) is 16.4. The molecule has 1 aliphatic carbocycles. The number of carboxylic acids is 1. The molecule has 0 spiro atoms. The number of aliphatic carboxylic acids is 1. The Bertz CT molecular complexity index is 1180. The highest BCUT2D eigenvalue weighted by molar-refractivity contribution is 6.44. The van der Waals surface area contributed by atoms with Gasteiger partial charge in [-0.05, 0) is 42.5 Å². The second-order valence-corrected chi connectivity index (χ2v) is 8.87. The number of hydrogen-bond acceptors (Lipinski definition) is 6. The SMILES string of the molecule is NC(CC(=O)C(=O)c1ccc(OC(F)(F)F)cc1F)(C(=O)O)C1c2ccccc2N[C@@H]2CCC[C@H]12. The van der Waals surface area contributed by atoms with Crippen LogP contribution in [0.3, 0.4) is 0 Å². The van der Waals surface area contributed by atoms with E-state index in [0.717, 1.165) is 12.8 Å². The summed E-state index contributed by atoms with van der Waals surface area (Å²) in [6.45, 7) is 0. The van der Waals surface area contributed by atoms with E-state index in [0.29, 0.717) is 35.9 Å². The van der Waals surface area contributed by atoms with Crippen LogP contribution >= 0.6 is 0 Å². The fraction of sp³-hybridized carbons (Fsp3) is 0.375. The zero-order valence-corrected chi connectivity index (χ0v) is 18.3. The number of carbonyl (C=O) groups is 3. The first-order valence-electron chi connectivity index (χ1n) is 10.9. The number of halogens is 4. The van der Waals surface area contributed by atoms with Crippen molar-refractivity contribution in [1.82, 2.24) is 0 Å². The molecule has 7 nitrogen and oxygen atoms in total. The number of hydrogen-bond donors (Lipinski definition) is 3. The van der Waals surface area contributed by atoms with Gasteiger partial charge in [0.25, 0.3) is 0 Å². The number of benzene rings is 2. The summed E-state index contributed by atoms with van der Waals surface area (Å²) in [5.74, 6) is -7.45. The van der Waals surface area contributed by atoms with Crippen molar-refractivity contribution < 1.29 is 41.8 Å². The van der Waals surface area contributed by atoms with Crippen molar-refractivity contribution in [3.8, 4) is 5.75 Å². The number of Topliss-reactive ketones (excluding diaryl/α,β-unsaturated/α-hetero) is 2. The largest absolute Gasteiger partial charge is 0.573 e. The number of nitrogens with two attached hydrogens (primary N) is 1. The number of ketones is 2. The fourth-order valence-corrected chi connectivity index (χ4v) is 5.25. The maximum absolute atomic E-state index is 14.4. The summed E-state index contributed by atoms with van der Waals surface area (Å²) < 4.78 is 55.1. The molecule has 2 aromatic carbocycles. The molecule has 1 aliphatic heterocycles. The average Bonchev–Trinajstić information content (AvgIpc) is 3.23. The van der Waals surface area contributed by atoms with Crippen molar-refractivity contribution >= 4 is 23.2 Å². The average molecular weight is 494 g/mol. The second kappa shape index (κ2) is 8.95. The Kier molecular flexibility index (Phi) is 6.31. The van der Waals surface area contributed by atoms with Crippen LogP contribution in [0.5, 0.6) is 5.75 Å². The fourth-order valence-electron chi connectivity index (χ4n) is 5.25. The summed E-state index contributed by atoms with van der Waals surface area (Å²) in [7, 11) is 0. The monoisotopic (exact) mass is 494 g/mol. The molecule has 0 saturated heterocycles. The van der Waals surface area contributed by atoms with E-state index in [-0.39, 0.29) is 12.0 Å². The summed E-state index contributed by atoms with van der Waals surface area (Å²) >= 11 is 0. The number of carboxylic acid groups (broad SMARTS) is 1. The van der Waals surface area contributed by atoms with Gasteiger partial charge < -0.3 is 20.9 Å². The van der Waals surface area contributed by atoms with Crippen LogP contribution in [0.2, 0.25) is 0 Å². The molecule has 4 atom stereocenters. The van der Waals surface area contributed by atoms with Gasteiger partial charge in [-0.25, -0.2) is 4.39 Å². The van der Waals surface area contributed by atoms with Crippen molar-refractivity contribution in [2.45, 2.75) is 49.5 Å². The van der Waals surface area contributed by atoms with Crippen molar-refractivity contribution in [2.24, 2.45) is 11.7 Å². The van der Waals surface area contributed by atoms with E-state index in [4.69, 9.17) is 5.73 Å². The molecule has 11 heteroatoms. The highest BCUT2D eigenvalue weighted by atomic mass is 19.4. The third-order valence-electron chi connectivity index (χ3n) is 6.71. The van der Waals surface area contributed by atoms with Gasteiger partial charge in [0.1, 0.15) is 17.1 Å². The molecule has 4 rings (SSSR count). The van der Waals surface area contributed by atoms with Gasteiger partial charge in [0.2, 0.25) is 11.6 Å². The molecule has 1 heterocycles. The lowest BCUT2D eigenvalue weighted by atomic mass is 9.66. The highest BCUT2D eigenvalue weighted by Gasteiger charge is 2.54. The topological polar surface area (TPSA) is 119 Å². The van der Waals surface area contributed by atoms with Gasteiger partial charge in [0, 0.05) is 30.1 Å². The lowest BCUT2D eigenvalue weighted by Gasteiger charge is -2.44. The number of para-hydroxylation sites is 1. The third-order valence-corrected chi connectivity index (χ3v) is 6.71. The molecular weight excluding hydrogens is 472 g/mol. The van der Waals surface area contributed by atoms with Gasteiger partial charge in [0.05, 0.1) is 5.56 Å². The van der Waals surface area contributed by atoms with Crippen molar-refractivity contribution in [3.05, 3.63) is 59.4 Å². The smallest absolute Gasteiger partial charge is 0.480 e. The maximum Gasteiger partial charge on any atom is 0.573 e. The van der Waals surface area contributed by atoms with E-state index in [1.807, 2.05) is 0 Å². The zero-order valence-electron chi connectivity index (χ0n) is 18.3. The van der Waals surface area contributed by atoms with Crippen molar-refractivity contribution in [3.63, 3.8) is 0 Å². The minimum absolute atomic E-state index is 0.0541. The number of fused-ring (bicyclic) bond motifs is 2. The first-order valence-corrected chi connectivity index (χ1v) is 10.9. The van der Waals surface area contributed by atoms with E-state index < -0.39 is 58.9 Å². The number of rotatable bonds is 7. The molecule has 4 N–H and O–H groups in total. The summed E-state index contributed by atoms with van der Waals surface area (Å²) in [5, 5.41) is 13.5. The zero-order chi connectivity index (χ0) is 25.5. The third kappa shape index (κ3) is 4.72. The molecule has 0 radical (unpaired) electrons. The highest BCUT2D eigenvalue weighted by Crippen LogP contribution is 2.50. The number of carbonyl (C=O) groups excluding carboxylic acids is 2. The maximum atomic E-state index is 14.4. The molecule has 2 unspecified atom stereocenters. The Morgan fingerprint density at radius 2 is 1.83 bits per heavy atom. The van der Waals surface area contributed by atoms with E-state index in [1.165, 1.54) is 0 Å². The first kappa shape index (κ1) is 24.6. The number of alkyl halides is 3. The van der Waals surface area contributed by atoms with Crippen LogP contribution in [0.4, 0.5) is 23.2 Å². The molecule has 0 bridgehead atoms. The molecular formula is C24H22F4N2O5.